The van der Waals surface area contributed by atoms with Crippen LogP contribution in [0.1, 0.15) is 21.0 Å². The van der Waals surface area contributed by atoms with Crippen LogP contribution in [0.2, 0.25) is 0 Å². The lowest BCUT2D eigenvalue weighted by atomic mass is 10.1. The molecule has 0 unspecified atom stereocenters. The highest BCUT2D eigenvalue weighted by Crippen LogP contribution is 2.34. The molecule has 184 valence electrons. The van der Waals surface area contributed by atoms with Gasteiger partial charge in [0.25, 0.3) is 11.8 Å². The minimum absolute atomic E-state index is 0.000796. The number of ether oxygens (including phenoxy) is 1. The molecule has 36 heavy (non-hydrogen) atoms. The number of nitrogens with zero attached hydrogens (tertiary/aromatic N) is 2. The van der Waals surface area contributed by atoms with Crippen molar-refractivity contribution in [3.63, 3.8) is 0 Å². The normalized spacial score (nSPS) is 10.6. The maximum Gasteiger partial charge on any atom is 0.275 e. The SMILES string of the molecule is CNC(=O)c1cc(Oc2c(F)cc(NC(=O)c3nc(NC)sc3-c3ccc(F)cc3)cc2F)ccn1. The first kappa shape index (κ1) is 24.7. The molecule has 2 aromatic heterocycles. The number of hydrogen-bond donors (Lipinski definition) is 3. The second-order valence-electron chi connectivity index (χ2n) is 7.23. The summed E-state index contributed by atoms with van der Waals surface area (Å²) >= 11 is 1.16. The molecule has 0 aliphatic rings. The molecule has 0 atom stereocenters. The molecule has 0 saturated carbocycles. The third kappa shape index (κ3) is 5.28. The van der Waals surface area contributed by atoms with Gasteiger partial charge in [0, 0.05) is 44.2 Å². The third-order valence-corrected chi connectivity index (χ3v) is 5.95. The zero-order valence-electron chi connectivity index (χ0n) is 18.9. The van der Waals surface area contributed by atoms with Gasteiger partial charge in [0.2, 0.25) is 0 Å². The molecule has 0 spiro atoms. The van der Waals surface area contributed by atoms with E-state index in [2.05, 4.69) is 25.9 Å². The maximum atomic E-state index is 14.7. The van der Waals surface area contributed by atoms with Crippen LogP contribution in [0.15, 0.2) is 54.7 Å². The smallest absolute Gasteiger partial charge is 0.275 e. The predicted octanol–water partition coefficient (Wildman–Crippen LogP) is 5.07. The van der Waals surface area contributed by atoms with Crippen molar-refractivity contribution < 1.29 is 27.5 Å². The zero-order chi connectivity index (χ0) is 25.8. The highest BCUT2D eigenvalue weighted by Gasteiger charge is 2.22. The van der Waals surface area contributed by atoms with Gasteiger partial charge in [-0.15, -0.1) is 0 Å². The first-order valence-electron chi connectivity index (χ1n) is 10.4. The first-order valence-corrected chi connectivity index (χ1v) is 11.2. The summed E-state index contributed by atoms with van der Waals surface area (Å²) in [6, 6.07) is 9.84. The maximum absolute atomic E-state index is 14.7. The number of halogens is 3. The molecule has 0 fully saturated rings. The number of aromatic nitrogens is 2. The molecule has 2 heterocycles. The number of amides is 2. The van der Waals surface area contributed by atoms with Crippen molar-refractivity contribution in [3.8, 4) is 21.9 Å². The highest BCUT2D eigenvalue weighted by atomic mass is 32.1. The monoisotopic (exact) mass is 513 g/mol. The van der Waals surface area contributed by atoms with Crippen molar-refractivity contribution in [1.82, 2.24) is 15.3 Å². The second-order valence-corrected chi connectivity index (χ2v) is 8.23. The van der Waals surface area contributed by atoms with Gasteiger partial charge in [-0.3, -0.25) is 14.6 Å². The van der Waals surface area contributed by atoms with Crippen molar-refractivity contribution >= 4 is 34.0 Å². The summed E-state index contributed by atoms with van der Waals surface area (Å²) in [6.45, 7) is 0. The Bertz CT molecular complexity index is 1420. The Morgan fingerprint density at radius 1 is 0.944 bits per heavy atom. The molecular formula is C24H18F3N5O3S. The predicted molar refractivity (Wildman–Crippen MR) is 129 cm³/mol. The fourth-order valence-corrected chi connectivity index (χ4v) is 4.06. The lowest BCUT2D eigenvalue weighted by Crippen LogP contribution is -2.19. The molecule has 0 saturated heterocycles. The van der Waals surface area contributed by atoms with Crippen LogP contribution in [0.3, 0.4) is 0 Å². The number of nitrogens with one attached hydrogen (secondary N) is 3. The molecule has 0 radical (unpaired) electrons. The van der Waals surface area contributed by atoms with E-state index in [1.165, 1.54) is 49.6 Å². The number of carbonyl (C=O) groups is 2. The van der Waals surface area contributed by atoms with E-state index in [4.69, 9.17) is 4.74 Å². The molecule has 4 aromatic rings. The van der Waals surface area contributed by atoms with E-state index in [9.17, 15) is 22.8 Å². The van der Waals surface area contributed by atoms with Gasteiger partial charge >= 0.3 is 0 Å². The van der Waals surface area contributed by atoms with Crippen molar-refractivity contribution in [2.45, 2.75) is 0 Å². The third-order valence-electron chi connectivity index (χ3n) is 4.83. The van der Waals surface area contributed by atoms with E-state index >= 15 is 0 Å². The Labute approximate surface area is 207 Å². The van der Waals surface area contributed by atoms with Gasteiger partial charge < -0.3 is 20.7 Å². The standard InChI is InChI=1S/C24H18F3N5O3S/c1-28-22(33)18-11-15(7-8-30-18)35-20-16(26)9-14(10-17(20)27)31-23(34)19-21(36-24(29-2)32-19)12-3-5-13(25)6-4-12/h3-11H,1-2H3,(H,28,33)(H,29,32)(H,31,34). The fourth-order valence-electron chi connectivity index (χ4n) is 3.14. The van der Waals surface area contributed by atoms with E-state index in [0.29, 0.717) is 15.6 Å². The van der Waals surface area contributed by atoms with Crippen molar-refractivity contribution in [2.75, 3.05) is 24.7 Å². The minimum atomic E-state index is -1.09. The van der Waals surface area contributed by atoms with Crippen LogP contribution in [0.4, 0.5) is 24.0 Å². The topological polar surface area (TPSA) is 105 Å². The quantitative estimate of drug-likeness (QED) is 0.319. The summed E-state index contributed by atoms with van der Waals surface area (Å²) in [7, 11) is 3.04. The van der Waals surface area contributed by atoms with Gasteiger partial charge in [-0.2, -0.15) is 0 Å². The van der Waals surface area contributed by atoms with Crippen molar-refractivity contribution in [3.05, 3.63) is 83.6 Å². The Morgan fingerprint density at radius 3 is 2.28 bits per heavy atom. The van der Waals surface area contributed by atoms with Crippen LogP contribution < -0.4 is 20.7 Å². The molecule has 3 N–H and O–H groups in total. The summed E-state index contributed by atoms with van der Waals surface area (Å²) in [4.78, 5) is 33.2. The lowest BCUT2D eigenvalue weighted by Gasteiger charge is -2.11. The number of rotatable bonds is 7. The Kier molecular flexibility index (Phi) is 7.15. The highest BCUT2D eigenvalue weighted by molar-refractivity contribution is 7.19. The van der Waals surface area contributed by atoms with E-state index in [1.54, 1.807) is 7.05 Å². The molecule has 2 aromatic carbocycles. The van der Waals surface area contributed by atoms with Crippen LogP contribution in [0, 0.1) is 17.5 Å². The Hall–Kier alpha value is -4.45. The molecule has 0 bridgehead atoms. The van der Waals surface area contributed by atoms with E-state index in [0.717, 1.165) is 23.5 Å². The molecule has 8 nitrogen and oxygen atoms in total. The summed E-state index contributed by atoms with van der Waals surface area (Å²) < 4.78 is 48.1. The van der Waals surface area contributed by atoms with Gasteiger partial charge in [-0.25, -0.2) is 18.2 Å². The molecule has 0 aliphatic heterocycles. The van der Waals surface area contributed by atoms with Crippen LogP contribution in [-0.4, -0.2) is 35.9 Å². The molecular weight excluding hydrogens is 495 g/mol. The number of carbonyl (C=O) groups excluding carboxylic acids is 2. The van der Waals surface area contributed by atoms with Crippen LogP contribution >= 0.6 is 11.3 Å². The summed E-state index contributed by atoms with van der Waals surface area (Å²) in [5, 5.41) is 8.08. The van der Waals surface area contributed by atoms with Gasteiger partial charge in [-0.05, 0) is 23.8 Å². The van der Waals surface area contributed by atoms with Crippen LogP contribution in [0.5, 0.6) is 11.5 Å². The average molecular weight is 514 g/mol. The van der Waals surface area contributed by atoms with Crippen molar-refractivity contribution in [2.24, 2.45) is 0 Å². The van der Waals surface area contributed by atoms with Gasteiger partial charge in [0.05, 0.1) is 4.88 Å². The summed E-state index contributed by atoms with van der Waals surface area (Å²) in [5.41, 5.74) is 0.374. The lowest BCUT2D eigenvalue weighted by molar-refractivity contribution is 0.0957. The number of benzene rings is 2. The molecule has 0 aliphatic carbocycles. The van der Waals surface area contributed by atoms with E-state index in [-0.39, 0.29) is 22.8 Å². The fraction of sp³-hybridized carbons (Fsp3) is 0.0833. The molecule has 4 rings (SSSR count). The van der Waals surface area contributed by atoms with Crippen molar-refractivity contribution in [1.29, 1.82) is 0 Å². The van der Waals surface area contributed by atoms with Gasteiger partial charge in [0.15, 0.2) is 22.5 Å². The van der Waals surface area contributed by atoms with E-state index in [1.807, 2.05) is 0 Å². The van der Waals surface area contributed by atoms with Crippen LogP contribution in [-0.2, 0) is 0 Å². The Balaban J connectivity index is 1.58. The number of hydrogen-bond acceptors (Lipinski definition) is 7. The summed E-state index contributed by atoms with van der Waals surface area (Å²) in [6.07, 6.45) is 1.26. The average Bonchev–Trinajstić information content (AvgIpc) is 3.31. The van der Waals surface area contributed by atoms with Gasteiger partial charge in [0.1, 0.15) is 23.0 Å². The number of anilines is 2. The molecule has 2 amide bonds. The number of pyridine rings is 1. The number of thiazole rings is 1. The second kappa shape index (κ2) is 10.4. The minimum Gasteiger partial charge on any atom is -0.451 e. The van der Waals surface area contributed by atoms with Crippen LogP contribution in [0.25, 0.3) is 10.4 Å². The molecule has 12 heteroatoms. The summed E-state index contributed by atoms with van der Waals surface area (Å²) in [5.74, 6) is -4.56. The zero-order valence-corrected chi connectivity index (χ0v) is 19.7. The van der Waals surface area contributed by atoms with E-state index < -0.39 is 35.0 Å². The van der Waals surface area contributed by atoms with Gasteiger partial charge in [-0.1, -0.05) is 23.5 Å². The Morgan fingerprint density at radius 2 is 1.64 bits per heavy atom. The largest absolute Gasteiger partial charge is 0.451 e. The first-order chi connectivity index (χ1) is 17.3.